The van der Waals surface area contributed by atoms with Crippen LogP contribution in [0.2, 0.25) is 0 Å². The molecule has 2 fully saturated rings. The Kier molecular flexibility index (Phi) is 7.87. The van der Waals surface area contributed by atoms with Gasteiger partial charge in [-0.3, -0.25) is 10.2 Å². The van der Waals surface area contributed by atoms with Crippen LogP contribution in [0.3, 0.4) is 0 Å². The molecular formula is C21H33N5O4. The first-order valence-corrected chi connectivity index (χ1v) is 10.7. The van der Waals surface area contributed by atoms with E-state index >= 15 is 0 Å². The lowest BCUT2D eigenvalue weighted by Crippen LogP contribution is -2.45. The van der Waals surface area contributed by atoms with E-state index in [-0.39, 0.29) is 42.8 Å². The molecule has 4 N–H and O–H groups in total. The molecule has 9 nitrogen and oxygen atoms in total. The first kappa shape index (κ1) is 22.3. The molecule has 3 rings (SSSR count). The molecule has 166 valence electrons. The number of hydrazine groups is 1. The lowest BCUT2D eigenvalue weighted by Gasteiger charge is -2.19. The fraction of sp³-hybridized carbons (Fsp3) is 0.667. The van der Waals surface area contributed by atoms with Gasteiger partial charge in [-0.05, 0) is 50.5 Å². The predicted molar refractivity (Wildman–Crippen MR) is 112 cm³/mol. The number of rotatable bonds is 8. The maximum atomic E-state index is 12.3. The Morgan fingerprint density at radius 1 is 1.27 bits per heavy atom. The number of aromatic nitrogens is 1. The summed E-state index contributed by atoms with van der Waals surface area (Å²) < 4.78 is 10.6. The van der Waals surface area contributed by atoms with Crippen molar-refractivity contribution < 1.29 is 19.1 Å². The van der Waals surface area contributed by atoms with E-state index in [1.807, 2.05) is 19.9 Å². The zero-order chi connectivity index (χ0) is 21.5. The Morgan fingerprint density at radius 3 is 2.80 bits per heavy atom. The molecule has 0 aromatic carbocycles. The molecule has 9 heteroatoms. The molecule has 2 aliphatic rings. The van der Waals surface area contributed by atoms with Gasteiger partial charge in [0.15, 0.2) is 0 Å². The number of nitrogens with zero attached hydrogens (tertiary/aromatic N) is 1. The van der Waals surface area contributed by atoms with Gasteiger partial charge in [-0.15, -0.1) is 0 Å². The van der Waals surface area contributed by atoms with Crippen LogP contribution < -0.4 is 26.2 Å². The molecule has 1 aliphatic carbocycles. The molecule has 1 saturated heterocycles. The van der Waals surface area contributed by atoms with Crippen LogP contribution in [-0.4, -0.2) is 48.4 Å². The fourth-order valence-electron chi connectivity index (χ4n) is 3.99. The first-order valence-electron chi connectivity index (χ1n) is 10.7. The van der Waals surface area contributed by atoms with Gasteiger partial charge < -0.3 is 20.1 Å². The van der Waals surface area contributed by atoms with Crippen LogP contribution in [0.5, 0.6) is 5.88 Å². The van der Waals surface area contributed by atoms with Gasteiger partial charge in [0.05, 0.1) is 19.7 Å². The van der Waals surface area contributed by atoms with E-state index in [1.54, 1.807) is 19.4 Å². The first-order chi connectivity index (χ1) is 14.5. The van der Waals surface area contributed by atoms with Crippen LogP contribution in [0.4, 0.5) is 4.79 Å². The standard InChI is InChI=1S/C21H33N5O4/c1-4-13(2)23-21(28)30-16-7-6-15(10-16)17-11-18(26-25-17)24-19(27)9-14-5-8-20(29-3)22-12-14/h5,8,12-13,15-18,25-26H,4,6-7,9-11H2,1-3H3,(H,23,28)(H,24,27)/t13-,15-,16+,17?,18?/m0/s1. The maximum Gasteiger partial charge on any atom is 0.407 e. The fourth-order valence-corrected chi connectivity index (χ4v) is 3.99. The van der Waals surface area contributed by atoms with E-state index in [0.29, 0.717) is 11.8 Å². The van der Waals surface area contributed by atoms with Crippen molar-refractivity contribution >= 4 is 12.0 Å². The summed E-state index contributed by atoms with van der Waals surface area (Å²) in [5.41, 5.74) is 7.30. The molecule has 2 amide bonds. The summed E-state index contributed by atoms with van der Waals surface area (Å²) in [6, 6.07) is 3.94. The Labute approximate surface area is 177 Å². The van der Waals surface area contributed by atoms with Crippen LogP contribution in [0.1, 0.15) is 51.5 Å². The third-order valence-electron chi connectivity index (χ3n) is 5.88. The number of alkyl carbamates (subject to hydrolysis) is 1. The molecule has 1 aromatic rings. The number of methoxy groups -OCH3 is 1. The monoisotopic (exact) mass is 419 g/mol. The second-order valence-electron chi connectivity index (χ2n) is 8.19. The molecule has 1 saturated carbocycles. The number of carbonyl (C=O) groups is 2. The van der Waals surface area contributed by atoms with E-state index in [9.17, 15) is 9.59 Å². The van der Waals surface area contributed by atoms with Gasteiger partial charge in [0.25, 0.3) is 0 Å². The van der Waals surface area contributed by atoms with E-state index in [0.717, 1.165) is 37.7 Å². The minimum Gasteiger partial charge on any atom is -0.481 e. The third kappa shape index (κ3) is 6.30. The largest absolute Gasteiger partial charge is 0.481 e. The minimum atomic E-state index is -0.328. The predicted octanol–water partition coefficient (Wildman–Crippen LogP) is 1.63. The van der Waals surface area contributed by atoms with Gasteiger partial charge in [-0.2, -0.15) is 0 Å². The van der Waals surface area contributed by atoms with E-state index in [1.165, 1.54) is 0 Å². The van der Waals surface area contributed by atoms with Crippen molar-refractivity contribution in [2.24, 2.45) is 5.92 Å². The van der Waals surface area contributed by atoms with Gasteiger partial charge in [0, 0.05) is 24.3 Å². The third-order valence-corrected chi connectivity index (χ3v) is 5.88. The molecule has 1 aromatic heterocycles. The molecule has 30 heavy (non-hydrogen) atoms. The van der Waals surface area contributed by atoms with Crippen molar-refractivity contribution in [3.63, 3.8) is 0 Å². The van der Waals surface area contributed by atoms with Crippen LogP contribution in [-0.2, 0) is 16.0 Å². The maximum absolute atomic E-state index is 12.3. The summed E-state index contributed by atoms with van der Waals surface area (Å²) in [5.74, 6) is 0.878. The SMILES string of the molecule is CC[C@H](C)NC(=O)O[C@@H]1CC[C@H](C2CC(NC(=O)Cc3ccc(OC)nc3)NN2)C1. The quantitative estimate of drug-likeness (QED) is 0.506. The van der Waals surface area contributed by atoms with Gasteiger partial charge in [-0.1, -0.05) is 13.0 Å². The Hall–Kier alpha value is -2.39. The number of hydrogen-bond acceptors (Lipinski definition) is 7. The average Bonchev–Trinajstić information content (AvgIpc) is 3.37. The van der Waals surface area contributed by atoms with Gasteiger partial charge in [0.1, 0.15) is 6.10 Å². The van der Waals surface area contributed by atoms with Crippen molar-refractivity contribution in [2.75, 3.05) is 7.11 Å². The number of nitrogens with one attached hydrogen (secondary N) is 4. The highest BCUT2D eigenvalue weighted by Gasteiger charge is 2.37. The molecule has 1 aliphatic heterocycles. The lowest BCUT2D eigenvalue weighted by atomic mass is 9.96. The Bertz CT molecular complexity index is 714. The summed E-state index contributed by atoms with van der Waals surface area (Å²) in [5, 5.41) is 5.86. The van der Waals surface area contributed by atoms with Crippen molar-refractivity contribution in [2.45, 2.75) is 76.7 Å². The number of hydrogen-bond donors (Lipinski definition) is 4. The topological polar surface area (TPSA) is 114 Å². The molecule has 2 unspecified atom stereocenters. The Morgan fingerprint density at radius 2 is 2.10 bits per heavy atom. The van der Waals surface area contributed by atoms with Crippen LogP contribution in [0.15, 0.2) is 18.3 Å². The second kappa shape index (κ2) is 10.6. The van der Waals surface area contributed by atoms with Crippen molar-refractivity contribution in [1.82, 2.24) is 26.5 Å². The normalized spacial score (nSPS) is 26.8. The van der Waals surface area contributed by atoms with Gasteiger partial charge >= 0.3 is 6.09 Å². The van der Waals surface area contributed by atoms with E-state index in [4.69, 9.17) is 9.47 Å². The summed E-state index contributed by atoms with van der Waals surface area (Å²) in [6.07, 6.45) is 5.81. The number of carbonyl (C=O) groups excluding carboxylic acids is 2. The molecule has 2 heterocycles. The van der Waals surface area contributed by atoms with Crippen molar-refractivity contribution in [3.8, 4) is 5.88 Å². The lowest BCUT2D eigenvalue weighted by molar-refractivity contribution is -0.121. The molecule has 5 atom stereocenters. The average molecular weight is 420 g/mol. The van der Waals surface area contributed by atoms with Crippen LogP contribution >= 0.6 is 0 Å². The molecule has 0 bridgehead atoms. The zero-order valence-electron chi connectivity index (χ0n) is 17.9. The highest BCUT2D eigenvalue weighted by molar-refractivity contribution is 5.78. The summed E-state index contributed by atoms with van der Waals surface area (Å²) in [6.45, 7) is 3.99. The highest BCUT2D eigenvalue weighted by atomic mass is 16.6. The van der Waals surface area contributed by atoms with E-state index < -0.39 is 0 Å². The molecule has 0 radical (unpaired) electrons. The molecule has 0 spiro atoms. The summed E-state index contributed by atoms with van der Waals surface area (Å²) in [4.78, 5) is 28.4. The number of pyridine rings is 1. The van der Waals surface area contributed by atoms with Crippen molar-refractivity contribution in [1.29, 1.82) is 0 Å². The zero-order valence-corrected chi connectivity index (χ0v) is 17.9. The highest BCUT2D eigenvalue weighted by Crippen LogP contribution is 2.32. The van der Waals surface area contributed by atoms with Gasteiger partial charge in [0.2, 0.25) is 11.8 Å². The smallest absolute Gasteiger partial charge is 0.407 e. The van der Waals surface area contributed by atoms with Gasteiger partial charge in [-0.25, -0.2) is 15.2 Å². The number of ether oxygens (including phenoxy) is 2. The number of amides is 2. The van der Waals surface area contributed by atoms with Crippen LogP contribution in [0, 0.1) is 5.92 Å². The van der Waals surface area contributed by atoms with Crippen LogP contribution in [0.25, 0.3) is 0 Å². The minimum absolute atomic E-state index is 0.0444. The molecular weight excluding hydrogens is 386 g/mol. The summed E-state index contributed by atoms with van der Waals surface area (Å²) in [7, 11) is 1.56. The van der Waals surface area contributed by atoms with Crippen molar-refractivity contribution in [3.05, 3.63) is 23.9 Å². The second-order valence-corrected chi connectivity index (χ2v) is 8.19. The Balaban J connectivity index is 1.38. The summed E-state index contributed by atoms with van der Waals surface area (Å²) >= 11 is 0. The van der Waals surface area contributed by atoms with E-state index in [2.05, 4.69) is 26.5 Å².